The van der Waals surface area contributed by atoms with Crippen molar-refractivity contribution in [3.05, 3.63) is 120 Å². The van der Waals surface area contributed by atoms with Crippen LogP contribution >= 0.6 is 0 Å². The third-order valence-electron chi connectivity index (χ3n) is 4.67. The molecule has 132 valence electrons. The van der Waals surface area contributed by atoms with E-state index in [1.807, 2.05) is 0 Å². The van der Waals surface area contributed by atoms with E-state index < -0.39 is 0 Å². The minimum Gasteiger partial charge on any atom is -0.207 e. The van der Waals surface area contributed by atoms with Gasteiger partial charge in [-0.15, -0.1) is 0 Å². The average Bonchev–Trinajstić information content (AvgIpc) is 2.71. The second-order valence-corrected chi connectivity index (χ2v) is 6.58. The Labute approximate surface area is 157 Å². The highest BCUT2D eigenvalue weighted by molar-refractivity contribution is 5.64. The third kappa shape index (κ3) is 4.12. The van der Waals surface area contributed by atoms with E-state index in [-0.39, 0.29) is 11.6 Å². The van der Waals surface area contributed by atoms with Crippen molar-refractivity contribution >= 4 is 0 Å². The van der Waals surface area contributed by atoms with Crippen LogP contribution in [0.3, 0.4) is 0 Å². The molecule has 4 rings (SSSR count). The van der Waals surface area contributed by atoms with E-state index in [2.05, 4.69) is 48.5 Å². The summed E-state index contributed by atoms with van der Waals surface area (Å²) in [6.07, 6.45) is 0.841. The molecule has 0 nitrogen and oxygen atoms in total. The Hall–Kier alpha value is -3.26. The molecule has 0 radical (unpaired) electrons. The summed E-state index contributed by atoms with van der Waals surface area (Å²) in [5, 5.41) is 0. The summed E-state index contributed by atoms with van der Waals surface area (Å²) in [5.74, 6) is -0.445. The molecule has 0 heterocycles. The molecular weight excluding hydrogens is 338 g/mol. The second-order valence-electron chi connectivity index (χ2n) is 6.58. The van der Waals surface area contributed by atoms with Gasteiger partial charge in [-0.25, -0.2) is 8.78 Å². The van der Waals surface area contributed by atoms with Crippen molar-refractivity contribution in [2.45, 2.75) is 6.42 Å². The topological polar surface area (TPSA) is 0 Å². The number of rotatable bonds is 4. The largest absolute Gasteiger partial charge is 0.207 e. The van der Waals surface area contributed by atoms with Gasteiger partial charge < -0.3 is 0 Å². The van der Waals surface area contributed by atoms with Crippen LogP contribution in [0.2, 0.25) is 0 Å². The summed E-state index contributed by atoms with van der Waals surface area (Å²) in [4.78, 5) is 0. The van der Waals surface area contributed by atoms with Gasteiger partial charge in [0.2, 0.25) is 0 Å². The normalized spacial score (nSPS) is 10.7. The molecule has 0 amide bonds. The Kier molecular flexibility index (Phi) is 4.80. The molecule has 0 bridgehead atoms. The Bertz CT molecular complexity index is 927. The maximum absolute atomic E-state index is 13.0. The lowest BCUT2D eigenvalue weighted by Crippen LogP contribution is -1.89. The first-order valence-electron chi connectivity index (χ1n) is 8.87. The zero-order valence-electron chi connectivity index (χ0n) is 14.7. The van der Waals surface area contributed by atoms with Gasteiger partial charge in [0, 0.05) is 0 Å². The van der Waals surface area contributed by atoms with Gasteiger partial charge in [-0.1, -0.05) is 72.8 Å². The predicted octanol–water partition coefficient (Wildman–Crippen LogP) is 6.89. The summed E-state index contributed by atoms with van der Waals surface area (Å²) in [6.45, 7) is 0. The molecule has 0 aromatic heterocycles. The summed E-state index contributed by atoms with van der Waals surface area (Å²) in [5.41, 5.74) is 6.60. The molecule has 0 saturated heterocycles. The first-order chi connectivity index (χ1) is 13.2. The van der Waals surface area contributed by atoms with Crippen molar-refractivity contribution in [1.82, 2.24) is 0 Å². The molecule has 0 aliphatic rings. The zero-order valence-corrected chi connectivity index (χ0v) is 14.7. The van der Waals surface area contributed by atoms with E-state index >= 15 is 0 Å². The van der Waals surface area contributed by atoms with Gasteiger partial charge in [-0.2, -0.15) is 0 Å². The fourth-order valence-electron chi connectivity index (χ4n) is 3.15. The molecule has 0 unspecified atom stereocenters. The van der Waals surface area contributed by atoms with Crippen molar-refractivity contribution in [3.8, 4) is 22.3 Å². The lowest BCUT2D eigenvalue weighted by atomic mass is 9.98. The van der Waals surface area contributed by atoms with Crippen LogP contribution in [-0.2, 0) is 6.42 Å². The SMILES string of the molecule is Fc1ccc(-c2ccc(Cc3ccc(-c4ccc(F)cc4)cc3)cc2)cc1. The predicted molar refractivity (Wildman–Crippen MR) is 106 cm³/mol. The molecule has 0 aliphatic heterocycles. The smallest absolute Gasteiger partial charge is 0.123 e. The molecule has 4 aromatic carbocycles. The van der Waals surface area contributed by atoms with E-state index in [1.165, 1.54) is 35.4 Å². The number of hydrogen-bond donors (Lipinski definition) is 0. The lowest BCUT2D eigenvalue weighted by Gasteiger charge is -2.07. The highest BCUT2D eigenvalue weighted by Crippen LogP contribution is 2.23. The van der Waals surface area contributed by atoms with Crippen molar-refractivity contribution in [1.29, 1.82) is 0 Å². The van der Waals surface area contributed by atoms with Crippen molar-refractivity contribution < 1.29 is 8.78 Å². The van der Waals surface area contributed by atoms with Crippen LogP contribution in [-0.4, -0.2) is 0 Å². The molecule has 4 aromatic rings. The van der Waals surface area contributed by atoms with E-state index in [1.54, 1.807) is 24.3 Å². The van der Waals surface area contributed by atoms with Gasteiger partial charge in [0.25, 0.3) is 0 Å². The Balaban J connectivity index is 1.47. The van der Waals surface area contributed by atoms with E-state index in [4.69, 9.17) is 0 Å². The molecule has 2 heteroatoms. The zero-order chi connectivity index (χ0) is 18.6. The molecule has 0 aliphatic carbocycles. The molecule has 27 heavy (non-hydrogen) atoms. The van der Waals surface area contributed by atoms with Gasteiger partial charge in [0.15, 0.2) is 0 Å². The molecular formula is C25H18F2. The molecule has 0 N–H and O–H groups in total. The number of benzene rings is 4. The third-order valence-corrected chi connectivity index (χ3v) is 4.67. The minimum absolute atomic E-state index is 0.223. The van der Waals surface area contributed by atoms with Gasteiger partial charge >= 0.3 is 0 Å². The Morgan fingerprint density at radius 1 is 0.370 bits per heavy atom. The minimum atomic E-state index is -0.223. The maximum Gasteiger partial charge on any atom is 0.123 e. The van der Waals surface area contributed by atoms with Crippen molar-refractivity contribution in [2.24, 2.45) is 0 Å². The van der Waals surface area contributed by atoms with Gasteiger partial charge in [0.05, 0.1) is 0 Å². The first kappa shape index (κ1) is 17.2. The van der Waals surface area contributed by atoms with E-state index in [9.17, 15) is 8.78 Å². The lowest BCUT2D eigenvalue weighted by molar-refractivity contribution is 0.627. The van der Waals surface area contributed by atoms with Gasteiger partial charge in [-0.3, -0.25) is 0 Å². The standard InChI is InChI=1S/C25H18F2/c26-24-13-9-22(10-14-24)20-5-1-18(2-6-20)17-19-3-7-21(8-4-19)23-11-15-25(27)16-12-23/h1-16H,17H2. The quantitative estimate of drug-likeness (QED) is 0.373. The molecule has 0 fully saturated rings. The van der Waals surface area contributed by atoms with Crippen molar-refractivity contribution in [2.75, 3.05) is 0 Å². The number of hydrogen-bond acceptors (Lipinski definition) is 0. The van der Waals surface area contributed by atoms with Crippen LogP contribution in [0.1, 0.15) is 11.1 Å². The van der Waals surface area contributed by atoms with Gasteiger partial charge in [-0.05, 0) is 64.1 Å². The van der Waals surface area contributed by atoms with Gasteiger partial charge in [0.1, 0.15) is 11.6 Å². The van der Waals surface area contributed by atoms with E-state index in [0.717, 1.165) is 28.7 Å². The highest BCUT2D eigenvalue weighted by Gasteiger charge is 2.02. The summed E-state index contributed by atoms with van der Waals surface area (Å²) >= 11 is 0. The summed E-state index contributed by atoms with van der Waals surface area (Å²) in [7, 11) is 0. The fraction of sp³-hybridized carbons (Fsp3) is 0.0400. The van der Waals surface area contributed by atoms with Crippen molar-refractivity contribution in [3.63, 3.8) is 0 Å². The molecule has 0 saturated carbocycles. The second kappa shape index (κ2) is 7.55. The van der Waals surface area contributed by atoms with E-state index in [0.29, 0.717) is 0 Å². The molecule has 0 spiro atoms. The van der Waals surface area contributed by atoms with Crippen LogP contribution in [0.5, 0.6) is 0 Å². The highest BCUT2D eigenvalue weighted by atomic mass is 19.1. The Morgan fingerprint density at radius 2 is 0.630 bits per heavy atom. The molecule has 0 atom stereocenters. The van der Waals surface area contributed by atoms with Crippen LogP contribution in [0.15, 0.2) is 97.1 Å². The van der Waals surface area contributed by atoms with Crippen LogP contribution in [0, 0.1) is 11.6 Å². The first-order valence-corrected chi connectivity index (χ1v) is 8.87. The van der Waals surface area contributed by atoms with Crippen LogP contribution in [0.4, 0.5) is 8.78 Å². The summed E-state index contributed by atoms with van der Waals surface area (Å²) < 4.78 is 26.1. The Morgan fingerprint density at radius 3 is 0.926 bits per heavy atom. The van der Waals surface area contributed by atoms with Crippen LogP contribution < -0.4 is 0 Å². The average molecular weight is 356 g/mol. The summed E-state index contributed by atoms with van der Waals surface area (Å²) in [6, 6.07) is 29.7. The van der Waals surface area contributed by atoms with Crippen LogP contribution in [0.25, 0.3) is 22.3 Å². The maximum atomic E-state index is 13.0. The monoisotopic (exact) mass is 356 g/mol. The number of halogens is 2. The fourth-order valence-corrected chi connectivity index (χ4v) is 3.15.